The van der Waals surface area contributed by atoms with E-state index in [0.717, 1.165) is 16.3 Å². The zero-order valence-corrected chi connectivity index (χ0v) is 20.2. The van der Waals surface area contributed by atoms with Crippen LogP contribution in [0.15, 0.2) is 103 Å². The Morgan fingerprint density at radius 3 is 2.63 bits per heavy atom. The normalized spacial score (nSPS) is 14.6. The van der Waals surface area contributed by atoms with Crippen LogP contribution >= 0.6 is 0 Å². The van der Waals surface area contributed by atoms with E-state index >= 15 is 0 Å². The second kappa shape index (κ2) is 9.25. The van der Waals surface area contributed by atoms with E-state index in [9.17, 15) is 14.9 Å². The van der Waals surface area contributed by atoms with Crippen molar-refractivity contribution in [3.63, 3.8) is 0 Å². The van der Waals surface area contributed by atoms with Crippen LogP contribution < -0.4 is 10.6 Å². The van der Waals surface area contributed by atoms with Crippen LogP contribution in [0.5, 0.6) is 0 Å². The Bertz CT molecular complexity index is 1740. The van der Waals surface area contributed by atoms with Gasteiger partial charge in [0.2, 0.25) is 5.95 Å². The first-order chi connectivity index (χ1) is 18.5. The number of benzene rings is 3. The number of fused-ring (bicyclic) bond motifs is 2. The van der Waals surface area contributed by atoms with Gasteiger partial charge in [-0.05, 0) is 35.9 Å². The number of anilines is 2. The van der Waals surface area contributed by atoms with Crippen LogP contribution in [0.2, 0.25) is 0 Å². The number of amides is 1. The third-order valence-corrected chi connectivity index (χ3v) is 6.48. The van der Waals surface area contributed by atoms with Gasteiger partial charge >= 0.3 is 0 Å². The van der Waals surface area contributed by atoms with Gasteiger partial charge < -0.3 is 10.6 Å². The highest BCUT2D eigenvalue weighted by Gasteiger charge is 2.38. The molecule has 3 aromatic carbocycles. The second-order valence-electron chi connectivity index (χ2n) is 8.81. The van der Waals surface area contributed by atoms with Crippen LogP contribution in [-0.4, -0.2) is 30.6 Å². The highest BCUT2D eigenvalue weighted by Crippen LogP contribution is 2.40. The van der Waals surface area contributed by atoms with Gasteiger partial charge in [-0.1, -0.05) is 54.6 Å². The van der Waals surface area contributed by atoms with E-state index in [1.807, 2.05) is 42.5 Å². The topological polar surface area (TPSA) is 128 Å². The summed E-state index contributed by atoms with van der Waals surface area (Å²) in [6.07, 6.45) is 3.14. The third-order valence-electron chi connectivity index (χ3n) is 6.48. The number of rotatable bonds is 5. The van der Waals surface area contributed by atoms with Crippen molar-refractivity contribution in [1.82, 2.24) is 19.7 Å². The molecule has 6 rings (SSSR count). The number of nitro benzene ring substituents is 1. The van der Waals surface area contributed by atoms with E-state index < -0.39 is 16.9 Å². The maximum absolute atomic E-state index is 13.6. The Morgan fingerprint density at radius 1 is 1.03 bits per heavy atom. The van der Waals surface area contributed by atoms with Crippen molar-refractivity contribution in [2.75, 3.05) is 10.6 Å². The third kappa shape index (κ3) is 3.94. The summed E-state index contributed by atoms with van der Waals surface area (Å²) in [5.74, 6) is 0.389. The first kappa shape index (κ1) is 23.0. The van der Waals surface area contributed by atoms with Crippen molar-refractivity contribution >= 4 is 34.0 Å². The number of carbonyl (C=O) groups excluding carboxylic acids is 1. The van der Waals surface area contributed by atoms with Gasteiger partial charge in [-0.3, -0.25) is 19.9 Å². The maximum Gasteiger partial charge on any atom is 0.275 e. The van der Waals surface area contributed by atoms with Crippen molar-refractivity contribution in [1.29, 1.82) is 0 Å². The fourth-order valence-electron chi connectivity index (χ4n) is 4.79. The second-order valence-corrected chi connectivity index (χ2v) is 8.81. The first-order valence-corrected chi connectivity index (χ1v) is 11.9. The summed E-state index contributed by atoms with van der Waals surface area (Å²) in [7, 11) is 0. The zero-order valence-electron chi connectivity index (χ0n) is 20.2. The zero-order chi connectivity index (χ0) is 26.2. The fraction of sp³-hybridized carbons (Fsp3) is 0.0714. The number of nitro groups is 1. The Labute approximate surface area is 216 Å². The van der Waals surface area contributed by atoms with E-state index in [1.165, 1.54) is 12.3 Å². The summed E-state index contributed by atoms with van der Waals surface area (Å²) in [5.41, 5.74) is 2.31. The molecule has 0 radical (unpaired) electrons. The number of hydrogen-bond acceptors (Lipinski definition) is 7. The van der Waals surface area contributed by atoms with Crippen LogP contribution in [0.25, 0.3) is 22.2 Å². The lowest BCUT2D eigenvalue weighted by Gasteiger charge is -2.28. The maximum atomic E-state index is 13.6. The molecule has 10 nitrogen and oxygen atoms in total. The summed E-state index contributed by atoms with van der Waals surface area (Å²) in [4.78, 5) is 34.0. The lowest BCUT2D eigenvalue weighted by Crippen LogP contribution is -2.32. The summed E-state index contributed by atoms with van der Waals surface area (Å²) in [6.45, 7) is 1.75. The fourth-order valence-corrected chi connectivity index (χ4v) is 4.79. The molecular formula is C28H21N7O3. The molecule has 1 aliphatic rings. The van der Waals surface area contributed by atoms with Crippen molar-refractivity contribution in [2.45, 2.75) is 13.0 Å². The molecule has 0 bridgehead atoms. The van der Waals surface area contributed by atoms with E-state index in [0.29, 0.717) is 28.7 Å². The molecule has 2 aromatic heterocycles. The van der Waals surface area contributed by atoms with Crippen LogP contribution in [0.3, 0.4) is 0 Å². The number of nitrogens with zero attached hydrogens (tertiary/aromatic N) is 5. The molecule has 0 fully saturated rings. The SMILES string of the molecule is CC1=C(C(=O)Nc2cccnc2)C(c2ccccc2[N+](=O)[O-])n2nc(-c3cccc4ccccc34)nc2N1. The van der Waals surface area contributed by atoms with Crippen molar-refractivity contribution in [3.8, 4) is 11.4 Å². The van der Waals surface area contributed by atoms with E-state index in [4.69, 9.17) is 10.1 Å². The largest absolute Gasteiger partial charge is 0.328 e. The Kier molecular flexibility index (Phi) is 5.61. The van der Waals surface area contributed by atoms with Gasteiger partial charge in [-0.15, -0.1) is 5.10 Å². The molecular weight excluding hydrogens is 482 g/mol. The average molecular weight is 504 g/mol. The lowest BCUT2D eigenvalue weighted by molar-refractivity contribution is -0.385. The lowest BCUT2D eigenvalue weighted by atomic mass is 9.93. The molecule has 3 heterocycles. The quantitative estimate of drug-likeness (QED) is 0.245. The van der Waals surface area contributed by atoms with Crippen molar-refractivity contribution in [3.05, 3.63) is 118 Å². The summed E-state index contributed by atoms with van der Waals surface area (Å²) in [6, 6.07) is 22.7. The molecule has 0 aliphatic carbocycles. The van der Waals surface area contributed by atoms with Gasteiger partial charge in [0.1, 0.15) is 6.04 Å². The number of hydrogen-bond donors (Lipinski definition) is 2. The summed E-state index contributed by atoms with van der Waals surface area (Å²) < 4.78 is 1.55. The molecule has 1 amide bonds. The molecule has 0 spiro atoms. The van der Waals surface area contributed by atoms with E-state index in [2.05, 4.69) is 15.6 Å². The number of aromatic nitrogens is 4. The Hall–Kier alpha value is -5.38. The van der Waals surface area contributed by atoms with Gasteiger partial charge in [-0.25, -0.2) is 4.68 Å². The van der Waals surface area contributed by atoms with Crippen LogP contribution in [-0.2, 0) is 4.79 Å². The molecule has 1 unspecified atom stereocenters. The molecule has 1 aliphatic heterocycles. The minimum atomic E-state index is -0.902. The van der Waals surface area contributed by atoms with Gasteiger partial charge in [-0.2, -0.15) is 4.98 Å². The molecule has 5 aromatic rings. The number of carbonyl (C=O) groups is 1. The molecule has 0 saturated heterocycles. The molecule has 10 heteroatoms. The first-order valence-electron chi connectivity index (χ1n) is 11.9. The minimum absolute atomic E-state index is 0.118. The Morgan fingerprint density at radius 2 is 1.82 bits per heavy atom. The number of allylic oxidation sites excluding steroid dienone is 1. The minimum Gasteiger partial charge on any atom is -0.328 e. The predicted octanol–water partition coefficient (Wildman–Crippen LogP) is 5.33. The molecule has 2 N–H and O–H groups in total. The number of para-hydroxylation sites is 1. The van der Waals surface area contributed by atoms with Gasteiger partial charge in [0, 0.05) is 23.5 Å². The summed E-state index contributed by atoms with van der Waals surface area (Å²) in [5, 5.41) is 24.9. The van der Waals surface area contributed by atoms with Crippen LogP contribution in [0.4, 0.5) is 17.3 Å². The summed E-state index contributed by atoms with van der Waals surface area (Å²) >= 11 is 0. The molecule has 186 valence electrons. The standard InChI is InChI=1S/C28H21N7O3/c1-17-24(27(36)31-19-10-7-15-29-16-19)25(22-12-4-5-14-23(22)35(37)38)34-28(30-17)32-26(33-34)21-13-6-9-18-8-2-3-11-20(18)21/h2-16,25H,1H3,(H,31,36)(H,30,32,33). The van der Waals surface area contributed by atoms with Gasteiger partial charge in [0.15, 0.2) is 5.82 Å². The smallest absolute Gasteiger partial charge is 0.275 e. The van der Waals surface area contributed by atoms with E-state index in [1.54, 1.807) is 48.1 Å². The highest BCUT2D eigenvalue weighted by molar-refractivity contribution is 6.06. The molecule has 38 heavy (non-hydrogen) atoms. The Balaban J connectivity index is 1.53. The molecule has 1 atom stereocenters. The highest BCUT2D eigenvalue weighted by atomic mass is 16.6. The van der Waals surface area contributed by atoms with Gasteiger partial charge in [0.05, 0.1) is 27.9 Å². The van der Waals surface area contributed by atoms with Crippen LogP contribution in [0.1, 0.15) is 18.5 Å². The molecule has 0 saturated carbocycles. The predicted molar refractivity (Wildman–Crippen MR) is 143 cm³/mol. The van der Waals surface area contributed by atoms with Crippen LogP contribution in [0, 0.1) is 10.1 Å². The van der Waals surface area contributed by atoms with Crippen molar-refractivity contribution in [2.24, 2.45) is 0 Å². The average Bonchev–Trinajstić information content (AvgIpc) is 3.35. The monoisotopic (exact) mass is 503 g/mol. The van der Waals surface area contributed by atoms with Crippen molar-refractivity contribution < 1.29 is 9.72 Å². The number of nitrogens with one attached hydrogen (secondary N) is 2. The van der Waals surface area contributed by atoms with E-state index in [-0.39, 0.29) is 11.3 Å². The number of pyridine rings is 1. The van der Waals surface area contributed by atoms with Gasteiger partial charge in [0.25, 0.3) is 11.6 Å².